The average molecular weight is 336 g/mol. The minimum Gasteiger partial charge on any atom is -0.486 e. The third-order valence-electron chi connectivity index (χ3n) is 3.73. The number of nitrogens with zero attached hydrogens (tertiary/aromatic N) is 1. The summed E-state index contributed by atoms with van der Waals surface area (Å²) in [7, 11) is 0. The van der Waals surface area contributed by atoms with Crippen molar-refractivity contribution in [2.24, 2.45) is 4.99 Å². The van der Waals surface area contributed by atoms with Crippen LogP contribution in [-0.4, -0.2) is 31.6 Å². The van der Waals surface area contributed by atoms with E-state index in [-0.39, 0.29) is 12.5 Å². The molecule has 2 aromatic rings. The molecule has 0 spiro atoms. The number of amides is 1. The van der Waals surface area contributed by atoms with Gasteiger partial charge in [-0.1, -0.05) is 24.3 Å². The molecular weight excluding hydrogens is 320 g/mol. The Hall–Kier alpha value is -3.28. The summed E-state index contributed by atoms with van der Waals surface area (Å²) in [5.74, 6) is 2.35. The topological polar surface area (TPSA) is 69.2 Å². The van der Waals surface area contributed by atoms with E-state index in [0.29, 0.717) is 36.2 Å². The van der Waals surface area contributed by atoms with Crippen molar-refractivity contribution in [3.8, 4) is 17.2 Å². The zero-order valence-corrected chi connectivity index (χ0v) is 13.4. The highest BCUT2D eigenvalue weighted by Gasteiger charge is 2.20. The number of fused-ring (bicyclic) bond motifs is 1. The Morgan fingerprint density at radius 2 is 1.88 bits per heavy atom. The van der Waals surface area contributed by atoms with Gasteiger partial charge in [0.2, 0.25) is 0 Å². The molecule has 2 aliphatic heterocycles. The van der Waals surface area contributed by atoms with Crippen LogP contribution in [0, 0.1) is 0 Å². The largest absolute Gasteiger partial charge is 0.486 e. The highest BCUT2D eigenvalue weighted by molar-refractivity contribution is 6.14. The number of carbonyl (C=O) groups excluding carboxylic acids is 1. The van der Waals surface area contributed by atoms with Crippen LogP contribution >= 0.6 is 0 Å². The van der Waals surface area contributed by atoms with Crippen molar-refractivity contribution in [2.75, 3.05) is 19.8 Å². The van der Waals surface area contributed by atoms with Crippen LogP contribution < -0.4 is 19.5 Å². The summed E-state index contributed by atoms with van der Waals surface area (Å²) in [6, 6.07) is 14.9. The molecule has 0 atom stereocenters. The quantitative estimate of drug-likeness (QED) is 0.871. The van der Waals surface area contributed by atoms with Crippen LogP contribution in [0.25, 0.3) is 6.08 Å². The summed E-state index contributed by atoms with van der Waals surface area (Å²) in [6.45, 7) is 1.27. The predicted octanol–water partition coefficient (Wildman–Crippen LogP) is 2.41. The van der Waals surface area contributed by atoms with Crippen molar-refractivity contribution in [3.63, 3.8) is 0 Å². The molecule has 2 heterocycles. The third kappa shape index (κ3) is 3.47. The molecule has 0 unspecified atom stereocenters. The predicted molar refractivity (Wildman–Crippen MR) is 92.9 cm³/mol. The van der Waals surface area contributed by atoms with E-state index >= 15 is 0 Å². The number of ether oxygens (including phenoxy) is 3. The van der Waals surface area contributed by atoms with Gasteiger partial charge in [0, 0.05) is 0 Å². The fourth-order valence-electron chi connectivity index (χ4n) is 2.56. The standard InChI is InChI=1S/C19H16N2O4/c22-19-15(10-13-6-7-16-17(11-13)24-9-8-23-16)20-18(21-19)12-25-14-4-2-1-3-5-14/h1-7,10-11H,8-9,12H2,(H,20,21,22)/b15-10+. The number of hydrogen-bond donors (Lipinski definition) is 1. The summed E-state index contributed by atoms with van der Waals surface area (Å²) in [5.41, 5.74) is 1.16. The molecular formula is C19H16N2O4. The molecule has 1 N–H and O–H groups in total. The van der Waals surface area contributed by atoms with Crippen molar-refractivity contribution in [1.82, 2.24) is 5.32 Å². The van der Waals surface area contributed by atoms with E-state index in [4.69, 9.17) is 14.2 Å². The first kappa shape index (κ1) is 15.3. The van der Waals surface area contributed by atoms with Gasteiger partial charge in [-0.15, -0.1) is 0 Å². The van der Waals surface area contributed by atoms with E-state index in [2.05, 4.69) is 10.3 Å². The zero-order valence-electron chi connectivity index (χ0n) is 13.4. The summed E-state index contributed by atoms with van der Waals surface area (Å²) in [6.07, 6.45) is 1.71. The van der Waals surface area contributed by atoms with Crippen LogP contribution in [0.15, 0.2) is 59.2 Å². The van der Waals surface area contributed by atoms with Gasteiger partial charge >= 0.3 is 0 Å². The number of carbonyl (C=O) groups is 1. The van der Waals surface area contributed by atoms with E-state index in [0.717, 1.165) is 11.3 Å². The molecule has 0 aromatic heterocycles. The van der Waals surface area contributed by atoms with Crippen LogP contribution in [0.3, 0.4) is 0 Å². The van der Waals surface area contributed by atoms with E-state index in [1.165, 1.54) is 0 Å². The zero-order chi connectivity index (χ0) is 17.1. The van der Waals surface area contributed by atoms with Gasteiger partial charge in [-0.25, -0.2) is 4.99 Å². The molecule has 126 valence electrons. The molecule has 2 aliphatic rings. The van der Waals surface area contributed by atoms with Crippen LogP contribution in [0.5, 0.6) is 17.2 Å². The molecule has 6 heteroatoms. The Kier molecular flexibility index (Phi) is 4.08. The number of para-hydroxylation sites is 1. The van der Waals surface area contributed by atoms with Crippen molar-refractivity contribution in [1.29, 1.82) is 0 Å². The van der Waals surface area contributed by atoms with E-state index in [1.54, 1.807) is 6.08 Å². The van der Waals surface area contributed by atoms with Crippen LogP contribution in [0.1, 0.15) is 5.56 Å². The molecule has 0 saturated heterocycles. The smallest absolute Gasteiger partial charge is 0.275 e. The van der Waals surface area contributed by atoms with Crippen molar-refractivity contribution in [3.05, 3.63) is 59.8 Å². The first-order chi connectivity index (χ1) is 12.3. The number of amidine groups is 1. The lowest BCUT2D eigenvalue weighted by atomic mass is 10.1. The molecule has 0 aliphatic carbocycles. The Morgan fingerprint density at radius 3 is 2.72 bits per heavy atom. The molecule has 2 aromatic carbocycles. The van der Waals surface area contributed by atoms with Gasteiger partial charge in [0.25, 0.3) is 5.91 Å². The van der Waals surface area contributed by atoms with Gasteiger partial charge in [0.05, 0.1) is 0 Å². The monoisotopic (exact) mass is 336 g/mol. The minimum absolute atomic E-state index is 0.203. The fraction of sp³-hybridized carbons (Fsp3) is 0.158. The van der Waals surface area contributed by atoms with Crippen LogP contribution in [0.4, 0.5) is 0 Å². The number of nitrogens with one attached hydrogen (secondary N) is 1. The van der Waals surface area contributed by atoms with E-state index in [1.807, 2.05) is 48.5 Å². The Labute approximate surface area is 144 Å². The minimum atomic E-state index is -0.249. The van der Waals surface area contributed by atoms with Crippen LogP contribution in [0.2, 0.25) is 0 Å². The molecule has 6 nitrogen and oxygen atoms in total. The maximum atomic E-state index is 12.1. The number of rotatable bonds is 4. The summed E-state index contributed by atoms with van der Waals surface area (Å²) < 4.78 is 16.6. The van der Waals surface area contributed by atoms with Gasteiger partial charge in [0.1, 0.15) is 37.1 Å². The second-order valence-electron chi connectivity index (χ2n) is 5.55. The molecule has 25 heavy (non-hydrogen) atoms. The number of benzene rings is 2. The Bertz CT molecular complexity index is 859. The Balaban J connectivity index is 1.49. The lowest BCUT2D eigenvalue weighted by molar-refractivity contribution is -0.115. The molecule has 0 bridgehead atoms. The number of hydrogen-bond acceptors (Lipinski definition) is 5. The van der Waals surface area contributed by atoms with E-state index in [9.17, 15) is 4.79 Å². The van der Waals surface area contributed by atoms with Crippen molar-refractivity contribution >= 4 is 17.8 Å². The lowest BCUT2D eigenvalue weighted by Gasteiger charge is -2.18. The maximum absolute atomic E-state index is 12.1. The second kappa shape index (κ2) is 6.68. The van der Waals surface area contributed by atoms with Crippen molar-refractivity contribution < 1.29 is 19.0 Å². The first-order valence-corrected chi connectivity index (χ1v) is 7.96. The number of aliphatic imine (C=N–C) groups is 1. The second-order valence-corrected chi connectivity index (χ2v) is 5.55. The SMILES string of the molecule is O=C1NC(COc2ccccc2)=N/C1=C/c1ccc2c(c1)OCCO2. The van der Waals surface area contributed by atoms with E-state index < -0.39 is 0 Å². The summed E-state index contributed by atoms with van der Waals surface area (Å²) >= 11 is 0. The van der Waals surface area contributed by atoms with Gasteiger partial charge < -0.3 is 19.5 Å². The van der Waals surface area contributed by atoms with Gasteiger partial charge in [-0.2, -0.15) is 0 Å². The molecule has 0 radical (unpaired) electrons. The highest BCUT2D eigenvalue weighted by Crippen LogP contribution is 2.31. The molecule has 0 saturated carbocycles. The third-order valence-corrected chi connectivity index (χ3v) is 3.73. The Morgan fingerprint density at radius 1 is 1.08 bits per heavy atom. The molecule has 0 fully saturated rings. The fourth-order valence-corrected chi connectivity index (χ4v) is 2.56. The van der Waals surface area contributed by atoms with Gasteiger partial charge in [-0.3, -0.25) is 4.79 Å². The summed E-state index contributed by atoms with van der Waals surface area (Å²) in [4.78, 5) is 16.4. The normalized spacial score (nSPS) is 17.2. The van der Waals surface area contributed by atoms with Gasteiger partial charge in [0.15, 0.2) is 11.5 Å². The van der Waals surface area contributed by atoms with Gasteiger partial charge in [-0.05, 0) is 35.9 Å². The van der Waals surface area contributed by atoms with Crippen molar-refractivity contribution in [2.45, 2.75) is 0 Å². The maximum Gasteiger partial charge on any atom is 0.275 e. The first-order valence-electron chi connectivity index (χ1n) is 7.96. The molecule has 1 amide bonds. The van der Waals surface area contributed by atoms with Crippen LogP contribution in [-0.2, 0) is 4.79 Å². The average Bonchev–Trinajstić information content (AvgIpc) is 3.00. The molecule has 4 rings (SSSR count). The highest BCUT2D eigenvalue weighted by atomic mass is 16.6. The summed E-state index contributed by atoms with van der Waals surface area (Å²) in [5, 5.41) is 2.72. The lowest BCUT2D eigenvalue weighted by Crippen LogP contribution is -2.28.